The molecule has 6 heteroatoms. The molecule has 0 saturated carbocycles. The summed E-state index contributed by atoms with van der Waals surface area (Å²) >= 11 is 0. The highest BCUT2D eigenvalue weighted by Crippen LogP contribution is 2.03. The molecule has 2 aromatic heterocycles. The van der Waals surface area contributed by atoms with Crippen molar-refractivity contribution in [1.29, 1.82) is 0 Å². The van der Waals surface area contributed by atoms with Crippen LogP contribution in [0.3, 0.4) is 0 Å². The second-order valence-corrected chi connectivity index (χ2v) is 5.41. The van der Waals surface area contributed by atoms with E-state index in [1.54, 1.807) is 6.20 Å². The predicted molar refractivity (Wildman–Crippen MR) is 85.4 cm³/mol. The van der Waals surface area contributed by atoms with Gasteiger partial charge in [0.25, 0.3) is 5.91 Å². The minimum absolute atomic E-state index is 0.142. The first-order valence-corrected chi connectivity index (χ1v) is 7.39. The molecule has 0 aromatic carbocycles. The fourth-order valence-corrected chi connectivity index (χ4v) is 1.79. The van der Waals surface area contributed by atoms with Crippen molar-refractivity contribution in [3.8, 4) is 0 Å². The summed E-state index contributed by atoms with van der Waals surface area (Å²) in [7, 11) is 0. The molecule has 2 heterocycles. The zero-order valence-electron chi connectivity index (χ0n) is 12.9. The predicted octanol–water partition coefficient (Wildman–Crippen LogP) is 2.26. The summed E-state index contributed by atoms with van der Waals surface area (Å²) in [6, 6.07) is 5.71. The number of hydrogen-bond donors (Lipinski definition) is 2. The number of carbonyl (C=O) groups is 1. The van der Waals surface area contributed by atoms with Gasteiger partial charge in [-0.2, -0.15) is 0 Å². The molecule has 0 unspecified atom stereocenters. The van der Waals surface area contributed by atoms with Gasteiger partial charge in [0.05, 0.1) is 17.8 Å². The molecule has 0 aliphatic heterocycles. The summed E-state index contributed by atoms with van der Waals surface area (Å²) < 4.78 is 0. The van der Waals surface area contributed by atoms with Crippen LogP contribution in [-0.4, -0.2) is 27.4 Å². The third-order valence-electron chi connectivity index (χ3n) is 3.08. The molecule has 0 atom stereocenters. The molecule has 0 fully saturated rings. The Balaban J connectivity index is 1.83. The Morgan fingerprint density at radius 2 is 1.95 bits per heavy atom. The molecule has 0 bridgehead atoms. The van der Waals surface area contributed by atoms with Gasteiger partial charge in [0.1, 0.15) is 0 Å². The molecule has 22 heavy (non-hydrogen) atoms. The number of nitrogens with zero attached hydrogens (tertiary/aromatic N) is 3. The maximum atomic E-state index is 11.9. The van der Waals surface area contributed by atoms with Crippen molar-refractivity contribution in [2.45, 2.75) is 26.8 Å². The quantitative estimate of drug-likeness (QED) is 0.819. The maximum Gasteiger partial charge on any atom is 0.254 e. The highest BCUT2D eigenvalue weighted by molar-refractivity contribution is 5.93. The second kappa shape index (κ2) is 8.07. The molecule has 2 N–H and O–H groups in total. The topological polar surface area (TPSA) is 79.8 Å². The number of amides is 1. The lowest BCUT2D eigenvalue weighted by molar-refractivity contribution is 0.0951. The summed E-state index contributed by atoms with van der Waals surface area (Å²) in [5.41, 5.74) is 1.37. The van der Waals surface area contributed by atoms with Crippen molar-refractivity contribution in [2.24, 2.45) is 5.92 Å². The Kier molecular flexibility index (Phi) is 5.82. The molecular formula is C16H21N5O. The molecule has 0 radical (unpaired) electrons. The van der Waals surface area contributed by atoms with Crippen molar-refractivity contribution in [2.75, 3.05) is 11.9 Å². The van der Waals surface area contributed by atoms with Crippen LogP contribution in [0.5, 0.6) is 0 Å². The molecule has 6 nitrogen and oxygen atoms in total. The summed E-state index contributed by atoms with van der Waals surface area (Å²) in [5.74, 6) is 0.899. The lowest BCUT2D eigenvalue weighted by Crippen LogP contribution is -2.25. The number of nitrogens with one attached hydrogen (secondary N) is 2. The van der Waals surface area contributed by atoms with Crippen LogP contribution < -0.4 is 10.6 Å². The summed E-state index contributed by atoms with van der Waals surface area (Å²) in [6.45, 7) is 5.45. The number of rotatable bonds is 7. The van der Waals surface area contributed by atoms with E-state index in [1.807, 2.05) is 18.2 Å². The van der Waals surface area contributed by atoms with Gasteiger partial charge in [0.2, 0.25) is 5.95 Å². The maximum absolute atomic E-state index is 11.9. The molecular weight excluding hydrogens is 278 g/mol. The van der Waals surface area contributed by atoms with Gasteiger partial charge in [-0.05, 0) is 24.5 Å². The van der Waals surface area contributed by atoms with E-state index in [0.29, 0.717) is 30.5 Å². The van der Waals surface area contributed by atoms with Gasteiger partial charge in [-0.1, -0.05) is 19.9 Å². The number of hydrogen-bond acceptors (Lipinski definition) is 5. The number of anilines is 1. The third-order valence-corrected chi connectivity index (χ3v) is 3.08. The van der Waals surface area contributed by atoms with Gasteiger partial charge in [0.15, 0.2) is 0 Å². The van der Waals surface area contributed by atoms with Crippen molar-refractivity contribution >= 4 is 11.9 Å². The van der Waals surface area contributed by atoms with Crippen LogP contribution >= 0.6 is 0 Å². The van der Waals surface area contributed by atoms with E-state index in [1.165, 1.54) is 12.4 Å². The summed E-state index contributed by atoms with van der Waals surface area (Å²) in [4.78, 5) is 24.4. The van der Waals surface area contributed by atoms with Crippen molar-refractivity contribution in [1.82, 2.24) is 20.3 Å². The van der Waals surface area contributed by atoms with Crippen LogP contribution in [0.15, 0.2) is 36.8 Å². The Labute approximate surface area is 130 Å². The van der Waals surface area contributed by atoms with Crippen molar-refractivity contribution in [3.05, 3.63) is 48.0 Å². The van der Waals surface area contributed by atoms with Gasteiger partial charge in [-0.25, -0.2) is 9.97 Å². The molecule has 0 aliphatic carbocycles. The van der Waals surface area contributed by atoms with E-state index >= 15 is 0 Å². The van der Waals surface area contributed by atoms with Crippen LogP contribution in [0.25, 0.3) is 0 Å². The van der Waals surface area contributed by atoms with Gasteiger partial charge in [-0.3, -0.25) is 9.78 Å². The van der Waals surface area contributed by atoms with E-state index in [4.69, 9.17) is 0 Å². The average molecular weight is 299 g/mol. The smallest absolute Gasteiger partial charge is 0.254 e. The molecule has 0 aliphatic rings. The number of carbonyl (C=O) groups excluding carboxylic acids is 1. The number of pyridine rings is 1. The van der Waals surface area contributed by atoms with Crippen LogP contribution in [-0.2, 0) is 6.54 Å². The first-order valence-electron chi connectivity index (χ1n) is 7.39. The largest absolute Gasteiger partial charge is 0.352 e. The molecule has 0 spiro atoms. The second-order valence-electron chi connectivity index (χ2n) is 5.41. The first-order chi connectivity index (χ1) is 10.6. The summed E-state index contributed by atoms with van der Waals surface area (Å²) in [6.07, 6.45) is 5.75. The molecule has 1 amide bonds. The van der Waals surface area contributed by atoms with Crippen molar-refractivity contribution in [3.63, 3.8) is 0 Å². The molecule has 2 aromatic rings. The molecule has 116 valence electrons. The van der Waals surface area contributed by atoms with Crippen LogP contribution in [0.4, 0.5) is 5.95 Å². The van der Waals surface area contributed by atoms with Gasteiger partial charge >= 0.3 is 0 Å². The molecule has 0 saturated heterocycles. The fourth-order valence-electron chi connectivity index (χ4n) is 1.79. The first kappa shape index (κ1) is 15.9. The Hall–Kier alpha value is -2.50. The standard InChI is InChI=1S/C16H21N5O/c1-12(2)6-8-18-15(22)13-9-19-16(20-10-13)21-11-14-5-3-4-7-17-14/h3-5,7,9-10,12H,6,8,11H2,1-2H3,(H,18,22)(H,19,20,21). The van der Waals surface area contributed by atoms with Crippen LogP contribution in [0.1, 0.15) is 36.3 Å². The van der Waals surface area contributed by atoms with E-state index < -0.39 is 0 Å². The lowest BCUT2D eigenvalue weighted by Gasteiger charge is -2.07. The molecule has 2 rings (SSSR count). The van der Waals surface area contributed by atoms with Gasteiger partial charge in [-0.15, -0.1) is 0 Å². The SMILES string of the molecule is CC(C)CCNC(=O)c1cnc(NCc2ccccn2)nc1. The van der Waals surface area contributed by atoms with E-state index in [9.17, 15) is 4.79 Å². The highest BCUT2D eigenvalue weighted by atomic mass is 16.1. The minimum Gasteiger partial charge on any atom is -0.352 e. The monoisotopic (exact) mass is 299 g/mol. The Morgan fingerprint density at radius 1 is 1.18 bits per heavy atom. The van der Waals surface area contributed by atoms with E-state index in [2.05, 4.69) is 39.4 Å². The van der Waals surface area contributed by atoms with Gasteiger partial charge in [0, 0.05) is 25.1 Å². The normalized spacial score (nSPS) is 10.5. The third kappa shape index (κ3) is 5.12. The lowest BCUT2D eigenvalue weighted by atomic mass is 10.1. The van der Waals surface area contributed by atoms with Crippen molar-refractivity contribution < 1.29 is 4.79 Å². The van der Waals surface area contributed by atoms with E-state index in [-0.39, 0.29) is 5.91 Å². The zero-order valence-corrected chi connectivity index (χ0v) is 12.9. The van der Waals surface area contributed by atoms with Crippen LogP contribution in [0.2, 0.25) is 0 Å². The zero-order chi connectivity index (χ0) is 15.8. The Bertz CT molecular complexity index is 583. The van der Waals surface area contributed by atoms with Gasteiger partial charge < -0.3 is 10.6 Å². The fraction of sp³-hybridized carbons (Fsp3) is 0.375. The highest BCUT2D eigenvalue weighted by Gasteiger charge is 2.07. The minimum atomic E-state index is -0.142. The number of aromatic nitrogens is 3. The Morgan fingerprint density at radius 3 is 2.59 bits per heavy atom. The average Bonchev–Trinajstić information content (AvgIpc) is 2.54. The summed E-state index contributed by atoms with van der Waals surface area (Å²) in [5, 5.41) is 5.93. The van der Waals surface area contributed by atoms with Crippen LogP contribution in [0, 0.1) is 5.92 Å². The van der Waals surface area contributed by atoms with E-state index in [0.717, 1.165) is 12.1 Å².